The molecule has 0 aliphatic heterocycles. The van der Waals surface area contributed by atoms with Crippen molar-refractivity contribution in [2.24, 2.45) is 0 Å². The van der Waals surface area contributed by atoms with Gasteiger partial charge in [0.15, 0.2) is 0 Å². The molecule has 1 aromatic carbocycles. The second-order valence-corrected chi connectivity index (χ2v) is 4.13. The number of carbonyl (C=O) groups excluding carboxylic acids is 1. The quantitative estimate of drug-likeness (QED) is 0.752. The maximum absolute atomic E-state index is 10.8. The van der Waals surface area contributed by atoms with E-state index in [9.17, 15) is 4.79 Å². The van der Waals surface area contributed by atoms with Gasteiger partial charge in [-0.3, -0.25) is 4.79 Å². The lowest BCUT2D eigenvalue weighted by molar-refractivity contribution is 0.112. The summed E-state index contributed by atoms with van der Waals surface area (Å²) in [5.41, 5.74) is 2.79. The minimum Gasteiger partial charge on any atom is -0.494 e. The van der Waals surface area contributed by atoms with Crippen LogP contribution in [0.25, 0.3) is 11.1 Å². The van der Waals surface area contributed by atoms with Crippen LogP contribution in [-0.4, -0.2) is 12.9 Å². The van der Waals surface area contributed by atoms with E-state index in [-0.39, 0.29) is 0 Å². The van der Waals surface area contributed by atoms with E-state index in [1.165, 1.54) is 0 Å². The lowest BCUT2D eigenvalue weighted by Gasteiger charge is -2.06. The largest absolute Gasteiger partial charge is 0.494 e. The van der Waals surface area contributed by atoms with Crippen molar-refractivity contribution < 1.29 is 9.53 Å². The zero-order valence-electron chi connectivity index (χ0n) is 8.97. The summed E-state index contributed by atoms with van der Waals surface area (Å²) in [7, 11) is 0. The summed E-state index contributed by atoms with van der Waals surface area (Å²) >= 11 is 1.64. The zero-order chi connectivity index (χ0) is 11.4. The fourth-order valence-corrected chi connectivity index (χ4v) is 2.20. The molecule has 1 aromatic heterocycles. The van der Waals surface area contributed by atoms with Crippen LogP contribution >= 0.6 is 11.3 Å². The molecule has 0 N–H and O–H groups in total. The number of benzene rings is 1. The van der Waals surface area contributed by atoms with Crippen LogP contribution < -0.4 is 4.74 Å². The van der Waals surface area contributed by atoms with Crippen molar-refractivity contribution >= 4 is 17.6 Å². The van der Waals surface area contributed by atoms with Gasteiger partial charge in [-0.15, -0.1) is 0 Å². The maximum Gasteiger partial charge on any atom is 0.150 e. The summed E-state index contributed by atoms with van der Waals surface area (Å²) in [5, 5.41) is 4.07. The van der Waals surface area contributed by atoms with E-state index in [1.807, 2.05) is 30.5 Å². The lowest BCUT2D eigenvalue weighted by Crippen LogP contribution is -1.93. The highest BCUT2D eigenvalue weighted by Crippen LogP contribution is 2.27. The van der Waals surface area contributed by atoms with Gasteiger partial charge in [0.1, 0.15) is 12.0 Å². The van der Waals surface area contributed by atoms with Crippen LogP contribution in [0.4, 0.5) is 0 Å². The fourth-order valence-electron chi connectivity index (χ4n) is 1.54. The molecule has 0 amide bonds. The molecule has 2 rings (SSSR count). The Bertz CT molecular complexity index is 475. The molecule has 2 nitrogen and oxygen atoms in total. The molecular weight excluding hydrogens is 220 g/mol. The highest BCUT2D eigenvalue weighted by Gasteiger charge is 2.03. The fraction of sp³-hybridized carbons (Fsp3) is 0.154. The number of hydrogen-bond acceptors (Lipinski definition) is 3. The van der Waals surface area contributed by atoms with E-state index in [2.05, 4.69) is 5.38 Å². The van der Waals surface area contributed by atoms with Gasteiger partial charge in [-0.2, -0.15) is 11.3 Å². The van der Waals surface area contributed by atoms with Crippen molar-refractivity contribution in [3.8, 4) is 16.9 Å². The average Bonchev–Trinajstić information content (AvgIpc) is 2.82. The first-order chi connectivity index (χ1) is 7.83. The van der Waals surface area contributed by atoms with E-state index in [0.717, 1.165) is 23.2 Å². The van der Waals surface area contributed by atoms with Crippen LogP contribution in [0.5, 0.6) is 5.75 Å². The smallest absolute Gasteiger partial charge is 0.150 e. The third-order valence-electron chi connectivity index (χ3n) is 2.23. The standard InChI is InChI=1S/C13H12O2S/c1-2-15-13-6-10(8-14)5-12(7-13)11-3-4-16-9-11/h3-9H,2H2,1H3. The first-order valence-corrected chi connectivity index (χ1v) is 6.03. The highest BCUT2D eigenvalue weighted by atomic mass is 32.1. The van der Waals surface area contributed by atoms with Gasteiger partial charge < -0.3 is 4.74 Å². The van der Waals surface area contributed by atoms with Crippen molar-refractivity contribution in [3.05, 3.63) is 40.6 Å². The Kier molecular flexibility index (Phi) is 3.37. The normalized spacial score (nSPS) is 10.1. The molecule has 0 aliphatic rings. The Morgan fingerprint density at radius 1 is 1.31 bits per heavy atom. The maximum atomic E-state index is 10.8. The Morgan fingerprint density at radius 2 is 2.19 bits per heavy atom. The van der Waals surface area contributed by atoms with Gasteiger partial charge in [0.05, 0.1) is 6.61 Å². The second-order valence-electron chi connectivity index (χ2n) is 3.35. The topological polar surface area (TPSA) is 26.3 Å². The second kappa shape index (κ2) is 4.94. The first-order valence-electron chi connectivity index (χ1n) is 5.09. The van der Waals surface area contributed by atoms with E-state index < -0.39 is 0 Å². The van der Waals surface area contributed by atoms with Gasteiger partial charge in [-0.25, -0.2) is 0 Å². The molecule has 0 bridgehead atoms. The third kappa shape index (κ3) is 2.31. The molecule has 0 unspecified atom stereocenters. The Hall–Kier alpha value is -1.61. The molecule has 0 spiro atoms. The van der Waals surface area contributed by atoms with Crippen LogP contribution in [0.3, 0.4) is 0 Å². The van der Waals surface area contributed by atoms with Crippen molar-refractivity contribution in [2.75, 3.05) is 6.61 Å². The average molecular weight is 232 g/mol. The van der Waals surface area contributed by atoms with Gasteiger partial charge >= 0.3 is 0 Å². The number of thiophene rings is 1. The summed E-state index contributed by atoms with van der Waals surface area (Å²) < 4.78 is 5.43. The van der Waals surface area contributed by atoms with Crippen molar-refractivity contribution in [1.29, 1.82) is 0 Å². The van der Waals surface area contributed by atoms with E-state index in [4.69, 9.17) is 4.74 Å². The number of carbonyl (C=O) groups is 1. The summed E-state index contributed by atoms with van der Waals surface area (Å²) in [6.07, 6.45) is 0.846. The summed E-state index contributed by atoms with van der Waals surface area (Å²) in [5.74, 6) is 0.744. The van der Waals surface area contributed by atoms with Crippen LogP contribution in [0.1, 0.15) is 17.3 Å². The van der Waals surface area contributed by atoms with Crippen LogP contribution in [-0.2, 0) is 0 Å². The highest BCUT2D eigenvalue weighted by molar-refractivity contribution is 7.08. The number of hydrogen-bond donors (Lipinski definition) is 0. The number of rotatable bonds is 4. The van der Waals surface area contributed by atoms with Crippen LogP contribution in [0.2, 0.25) is 0 Å². The minimum absolute atomic E-state index is 0.603. The van der Waals surface area contributed by atoms with Gasteiger partial charge in [-0.05, 0) is 53.1 Å². The molecule has 0 saturated carbocycles. The molecule has 3 heteroatoms. The summed E-state index contributed by atoms with van der Waals surface area (Å²) in [6.45, 7) is 2.53. The van der Waals surface area contributed by atoms with E-state index in [0.29, 0.717) is 12.2 Å². The third-order valence-corrected chi connectivity index (χ3v) is 2.91. The number of aldehydes is 1. The van der Waals surface area contributed by atoms with E-state index in [1.54, 1.807) is 17.4 Å². The summed E-state index contributed by atoms with van der Waals surface area (Å²) in [4.78, 5) is 10.8. The van der Waals surface area contributed by atoms with E-state index >= 15 is 0 Å². The van der Waals surface area contributed by atoms with Gasteiger partial charge in [0, 0.05) is 5.56 Å². The molecular formula is C13H12O2S. The minimum atomic E-state index is 0.603. The van der Waals surface area contributed by atoms with Gasteiger partial charge in [0.25, 0.3) is 0 Å². The molecule has 0 radical (unpaired) electrons. The molecule has 82 valence electrons. The van der Waals surface area contributed by atoms with Crippen molar-refractivity contribution in [1.82, 2.24) is 0 Å². The molecule has 0 aliphatic carbocycles. The molecule has 0 saturated heterocycles. The Morgan fingerprint density at radius 3 is 2.81 bits per heavy atom. The predicted molar refractivity (Wildman–Crippen MR) is 66.3 cm³/mol. The summed E-state index contributed by atoms with van der Waals surface area (Å²) in [6, 6.07) is 7.62. The zero-order valence-corrected chi connectivity index (χ0v) is 9.79. The predicted octanol–water partition coefficient (Wildman–Crippen LogP) is 3.63. The SMILES string of the molecule is CCOc1cc(C=O)cc(-c2ccsc2)c1. The molecule has 0 atom stereocenters. The molecule has 16 heavy (non-hydrogen) atoms. The lowest BCUT2D eigenvalue weighted by atomic mass is 10.1. The molecule has 2 aromatic rings. The van der Waals surface area contributed by atoms with Crippen LogP contribution in [0, 0.1) is 0 Å². The monoisotopic (exact) mass is 232 g/mol. The molecule has 1 heterocycles. The van der Waals surface area contributed by atoms with Crippen molar-refractivity contribution in [2.45, 2.75) is 6.92 Å². The van der Waals surface area contributed by atoms with Crippen LogP contribution in [0.15, 0.2) is 35.0 Å². The number of ether oxygens (including phenoxy) is 1. The van der Waals surface area contributed by atoms with Crippen molar-refractivity contribution in [3.63, 3.8) is 0 Å². The van der Waals surface area contributed by atoms with Gasteiger partial charge in [0.2, 0.25) is 0 Å². The first kappa shape index (κ1) is 10.9. The Balaban J connectivity index is 2.44. The van der Waals surface area contributed by atoms with Gasteiger partial charge in [-0.1, -0.05) is 0 Å². The Labute approximate surface area is 98.5 Å². The molecule has 0 fully saturated rings.